The monoisotopic (exact) mass is 387 g/mol. The highest BCUT2D eigenvalue weighted by atomic mass is 16.5. The number of nitrogens with zero attached hydrogens (tertiary/aromatic N) is 3. The van der Waals surface area contributed by atoms with Crippen LogP contribution in [-0.4, -0.2) is 67.9 Å². The van der Waals surface area contributed by atoms with Crippen molar-refractivity contribution in [3.8, 4) is 0 Å². The second kappa shape index (κ2) is 9.23. The highest BCUT2D eigenvalue weighted by Crippen LogP contribution is 2.23. The molecule has 3 saturated heterocycles. The van der Waals surface area contributed by atoms with Gasteiger partial charge < -0.3 is 19.3 Å². The van der Waals surface area contributed by atoms with Gasteiger partial charge in [-0.25, -0.2) is 4.98 Å². The number of hydrogen-bond acceptors (Lipinski definition) is 5. The van der Waals surface area contributed by atoms with Crippen LogP contribution in [0.1, 0.15) is 49.4 Å². The van der Waals surface area contributed by atoms with Crippen molar-refractivity contribution < 1.29 is 14.3 Å². The minimum Gasteiger partial charge on any atom is -0.381 e. The predicted octanol–water partition coefficient (Wildman–Crippen LogP) is 2.98. The number of amides is 1. The van der Waals surface area contributed by atoms with Gasteiger partial charge in [0, 0.05) is 44.9 Å². The Morgan fingerprint density at radius 1 is 1.14 bits per heavy atom. The molecule has 28 heavy (non-hydrogen) atoms. The lowest BCUT2D eigenvalue weighted by atomic mass is 9.99. The van der Waals surface area contributed by atoms with Crippen LogP contribution in [-0.2, 0) is 9.47 Å². The molecule has 6 heteroatoms. The van der Waals surface area contributed by atoms with Crippen molar-refractivity contribution in [2.24, 2.45) is 11.8 Å². The van der Waals surface area contributed by atoms with E-state index in [-0.39, 0.29) is 5.91 Å². The van der Waals surface area contributed by atoms with E-state index in [1.165, 1.54) is 0 Å². The third-order valence-electron chi connectivity index (χ3n) is 6.42. The second-order valence-corrected chi connectivity index (χ2v) is 8.63. The second-order valence-electron chi connectivity index (χ2n) is 8.63. The van der Waals surface area contributed by atoms with Gasteiger partial charge in [-0.3, -0.25) is 4.79 Å². The number of carbonyl (C=O) groups excluding carboxylic acids is 1. The quantitative estimate of drug-likeness (QED) is 0.777. The van der Waals surface area contributed by atoms with Crippen LogP contribution >= 0.6 is 0 Å². The van der Waals surface area contributed by atoms with Gasteiger partial charge in [0.1, 0.15) is 5.82 Å². The molecule has 3 aliphatic heterocycles. The normalized spacial score (nSPS) is 24.7. The van der Waals surface area contributed by atoms with Gasteiger partial charge >= 0.3 is 0 Å². The molecule has 0 radical (unpaired) electrons. The largest absolute Gasteiger partial charge is 0.381 e. The summed E-state index contributed by atoms with van der Waals surface area (Å²) in [6, 6.07) is 3.93. The molecule has 1 amide bonds. The topological polar surface area (TPSA) is 54.9 Å². The third kappa shape index (κ3) is 4.84. The Bertz CT molecular complexity index is 629. The summed E-state index contributed by atoms with van der Waals surface area (Å²) < 4.78 is 11.5. The summed E-state index contributed by atoms with van der Waals surface area (Å²) in [6.07, 6.45) is 7.48. The van der Waals surface area contributed by atoms with Crippen molar-refractivity contribution in [2.75, 3.05) is 50.9 Å². The zero-order valence-electron chi connectivity index (χ0n) is 17.0. The molecule has 0 aliphatic carbocycles. The number of rotatable bonds is 5. The SMILES string of the molecule is CC1CCN(C(=O)c2ccc(N3CCC(OCC4CCOC4)CC3)nc2)CC1. The standard InChI is InChI=1S/C22H33N3O3/c1-17-4-9-25(10-5-17)22(26)19-2-3-21(23-14-19)24-11-6-20(7-12-24)28-16-18-8-13-27-15-18/h2-3,14,17-18,20H,4-13,15-16H2,1H3. The van der Waals surface area contributed by atoms with Crippen LogP contribution in [0.3, 0.4) is 0 Å². The zero-order valence-corrected chi connectivity index (χ0v) is 17.0. The number of pyridine rings is 1. The number of anilines is 1. The van der Waals surface area contributed by atoms with E-state index in [4.69, 9.17) is 9.47 Å². The summed E-state index contributed by atoms with van der Waals surface area (Å²) in [7, 11) is 0. The number of aromatic nitrogens is 1. The average Bonchev–Trinajstić information content (AvgIpc) is 3.27. The Morgan fingerprint density at radius 2 is 1.93 bits per heavy atom. The van der Waals surface area contributed by atoms with E-state index in [9.17, 15) is 4.79 Å². The van der Waals surface area contributed by atoms with Crippen molar-refractivity contribution in [1.29, 1.82) is 0 Å². The van der Waals surface area contributed by atoms with Gasteiger partial charge in [-0.2, -0.15) is 0 Å². The summed E-state index contributed by atoms with van der Waals surface area (Å²) in [4.78, 5) is 21.5. The molecule has 154 valence electrons. The van der Waals surface area contributed by atoms with Gasteiger partial charge in [-0.1, -0.05) is 6.92 Å². The van der Waals surface area contributed by atoms with Crippen LogP contribution in [0.25, 0.3) is 0 Å². The Kier molecular flexibility index (Phi) is 6.47. The fourth-order valence-electron chi connectivity index (χ4n) is 4.33. The lowest BCUT2D eigenvalue weighted by Gasteiger charge is -2.33. The maximum Gasteiger partial charge on any atom is 0.255 e. The third-order valence-corrected chi connectivity index (χ3v) is 6.42. The van der Waals surface area contributed by atoms with Crippen LogP contribution in [0.2, 0.25) is 0 Å². The van der Waals surface area contributed by atoms with Crippen molar-refractivity contribution in [1.82, 2.24) is 9.88 Å². The molecule has 3 fully saturated rings. The molecule has 4 rings (SSSR count). The highest BCUT2D eigenvalue weighted by molar-refractivity contribution is 5.94. The summed E-state index contributed by atoms with van der Waals surface area (Å²) in [5.41, 5.74) is 0.704. The number of ether oxygens (including phenoxy) is 2. The molecule has 1 unspecified atom stereocenters. The minimum atomic E-state index is 0.119. The zero-order chi connectivity index (χ0) is 19.3. The summed E-state index contributed by atoms with van der Waals surface area (Å²) >= 11 is 0. The van der Waals surface area contributed by atoms with Gasteiger partial charge in [0.05, 0.1) is 24.9 Å². The molecular weight excluding hydrogens is 354 g/mol. The molecule has 0 bridgehead atoms. The maximum atomic E-state index is 12.7. The molecule has 1 aromatic heterocycles. The number of carbonyl (C=O) groups is 1. The van der Waals surface area contributed by atoms with Crippen molar-refractivity contribution >= 4 is 11.7 Å². The van der Waals surface area contributed by atoms with E-state index in [2.05, 4.69) is 16.8 Å². The first kappa shape index (κ1) is 19.6. The summed E-state index contributed by atoms with van der Waals surface area (Å²) in [5.74, 6) is 2.39. The summed E-state index contributed by atoms with van der Waals surface area (Å²) in [5, 5.41) is 0. The fraction of sp³-hybridized carbons (Fsp3) is 0.727. The van der Waals surface area contributed by atoms with Crippen LogP contribution in [0.15, 0.2) is 18.3 Å². The van der Waals surface area contributed by atoms with E-state index in [1.807, 2.05) is 17.0 Å². The summed E-state index contributed by atoms with van der Waals surface area (Å²) in [6.45, 7) is 8.46. The first-order valence-corrected chi connectivity index (χ1v) is 10.9. The van der Waals surface area contributed by atoms with Gasteiger partial charge in [0.2, 0.25) is 0 Å². The Hall–Kier alpha value is -1.66. The van der Waals surface area contributed by atoms with Crippen molar-refractivity contribution in [2.45, 2.75) is 45.1 Å². The lowest BCUT2D eigenvalue weighted by Crippen LogP contribution is -2.39. The molecule has 0 N–H and O–H groups in total. The lowest BCUT2D eigenvalue weighted by molar-refractivity contribution is 0.0131. The first-order valence-electron chi connectivity index (χ1n) is 10.9. The van der Waals surface area contributed by atoms with Crippen LogP contribution < -0.4 is 4.90 Å². The number of piperidine rings is 2. The van der Waals surface area contributed by atoms with Crippen LogP contribution in [0.5, 0.6) is 0 Å². The van der Waals surface area contributed by atoms with Gasteiger partial charge in [-0.15, -0.1) is 0 Å². The molecule has 6 nitrogen and oxygen atoms in total. The van der Waals surface area contributed by atoms with E-state index >= 15 is 0 Å². The molecule has 0 saturated carbocycles. The molecule has 1 aromatic rings. The van der Waals surface area contributed by atoms with E-state index < -0.39 is 0 Å². The van der Waals surface area contributed by atoms with E-state index in [1.54, 1.807) is 6.20 Å². The fourth-order valence-corrected chi connectivity index (χ4v) is 4.33. The van der Waals surface area contributed by atoms with Gasteiger partial charge in [-0.05, 0) is 50.2 Å². The van der Waals surface area contributed by atoms with Gasteiger partial charge in [0.15, 0.2) is 0 Å². The van der Waals surface area contributed by atoms with Crippen molar-refractivity contribution in [3.05, 3.63) is 23.9 Å². The highest BCUT2D eigenvalue weighted by Gasteiger charge is 2.24. The van der Waals surface area contributed by atoms with Gasteiger partial charge in [0.25, 0.3) is 5.91 Å². The smallest absolute Gasteiger partial charge is 0.255 e. The minimum absolute atomic E-state index is 0.119. The molecule has 0 spiro atoms. The van der Waals surface area contributed by atoms with E-state index in [0.29, 0.717) is 17.6 Å². The Labute approximate surface area is 168 Å². The Morgan fingerprint density at radius 3 is 2.57 bits per heavy atom. The molecule has 1 atom stereocenters. The first-order chi connectivity index (χ1) is 13.7. The molecule has 4 heterocycles. The molecule has 0 aromatic carbocycles. The average molecular weight is 388 g/mol. The molecule has 3 aliphatic rings. The van der Waals surface area contributed by atoms with Crippen molar-refractivity contribution in [3.63, 3.8) is 0 Å². The number of likely N-dealkylation sites (tertiary alicyclic amines) is 1. The van der Waals surface area contributed by atoms with E-state index in [0.717, 1.165) is 89.8 Å². The van der Waals surface area contributed by atoms with Crippen LogP contribution in [0, 0.1) is 11.8 Å². The number of hydrogen-bond donors (Lipinski definition) is 0. The Balaban J connectivity index is 1.24. The molecular formula is C22H33N3O3. The predicted molar refractivity (Wildman–Crippen MR) is 109 cm³/mol. The van der Waals surface area contributed by atoms with Crippen LogP contribution in [0.4, 0.5) is 5.82 Å². The maximum absolute atomic E-state index is 12.7.